The topological polar surface area (TPSA) is 41.6 Å². The molecule has 2 aliphatic rings. The Hall–Kier alpha value is -1.55. The number of hydrogen-bond acceptors (Lipinski definition) is 3. The predicted molar refractivity (Wildman–Crippen MR) is 78.9 cm³/mol. The molecule has 0 saturated carbocycles. The Bertz CT molecular complexity index is 469. The number of aryl methyl sites for hydroxylation is 1. The quantitative estimate of drug-likeness (QED) is 0.906. The van der Waals surface area contributed by atoms with E-state index >= 15 is 0 Å². The third-order valence-electron chi connectivity index (χ3n) is 4.15. The van der Waals surface area contributed by atoms with Crippen LogP contribution in [0.2, 0.25) is 0 Å². The van der Waals surface area contributed by atoms with Crippen molar-refractivity contribution in [3.63, 3.8) is 0 Å². The summed E-state index contributed by atoms with van der Waals surface area (Å²) in [5, 5.41) is 3.04. The van der Waals surface area contributed by atoms with E-state index in [1.807, 2.05) is 6.07 Å². The number of benzene rings is 1. The average molecular weight is 274 g/mol. The van der Waals surface area contributed by atoms with Crippen molar-refractivity contribution >= 4 is 11.6 Å². The molecule has 1 amide bonds. The minimum absolute atomic E-state index is 0.119. The van der Waals surface area contributed by atoms with E-state index in [1.54, 1.807) is 0 Å². The fourth-order valence-corrected chi connectivity index (χ4v) is 3.01. The molecule has 4 nitrogen and oxygen atoms in total. The first kappa shape index (κ1) is 13.4. The molecule has 1 saturated heterocycles. The zero-order valence-electron chi connectivity index (χ0n) is 11.8. The van der Waals surface area contributed by atoms with E-state index in [1.165, 1.54) is 11.3 Å². The summed E-state index contributed by atoms with van der Waals surface area (Å²) in [7, 11) is 0. The van der Waals surface area contributed by atoms with Crippen molar-refractivity contribution in [1.82, 2.24) is 5.32 Å². The summed E-state index contributed by atoms with van der Waals surface area (Å²) in [5.74, 6) is 0.612. The number of rotatable bonds is 4. The van der Waals surface area contributed by atoms with Gasteiger partial charge in [0.05, 0.1) is 13.2 Å². The van der Waals surface area contributed by atoms with E-state index in [0.29, 0.717) is 12.5 Å². The normalized spacial score (nSPS) is 21.6. The molecule has 1 unspecified atom stereocenters. The smallest absolute Gasteiger partial charge is 0.239 e. The molecule has 1 aromatic rings. The summed E-state index contributed by atoms with van der Waals surface area (Å²) in [4.78, 5) is 14.3. The summed E-state index contributed by atoms with van der Waals surface area (Å²) < 4.78 is 5.32. The molecule has 20 heavy (non-hydrogen) atoms. The number of anilines is 1. The van der Waals surface area contributed by atoms with Crippen molar-refractivity contribution in [2.24, 2.45) is 5.92 Å². The number of carbonyl (C=O) groups is 1. The molecule has 2 aliphatic heterocycles. The highest BCUT2D eigenvalue weighted by Crippen LogP contribution is 2.26. The van der Waals surface area contributed by atoms with Gasteiger partial charge < -0.3 is 15.0 Å². The van der Waals surface area contributed by atoms with Crippen LogP contribution in [0.15, 0.2) is 24.3 Å². The zero-order chi connectivity index (χ0) is 13.8. The molecule has 1 aromatic carbocycles. The van der Waals surface area contributed by atoms with Crippen LogP contribution in [-0.4, -0.2) is 38.8 Å². The highest BCUT2D eigenvalue weighted by molar-refractivity contribution is 5.81. The standard InChI is InChI=1S/C16H22N2O2/c19-16(17-10-13-7-9-20-12-13)11-18-8-3-5-14-4-1-2-6-15(14)18/h1-2,4,6,13H,3,5,7-12H2,(H,17,19). The van der Waals surface area contributed by atoms with E-state index in [-0.39, 0.29) is 5.91 Å². The minimum atomic E-state index is 0.119. The van der Waals surface area contributed by atoms with Crippen molar-refractivity contribution in [3.05, 3.63) is 29.8 Å². The molecule has 0 aliphatic carbocycles. The van der Waals surface area contributed by atoms with Gasteiger partial charge in [0.25, 0.3) is 0 Å². The van der Waals surface area contributed by atoms with Crippen LogP contribution in [0.4, 0.5) is 5.69 Å². The first-order chi connectivity index (χ1) is 9.83. The number of nitrogens with one attached hydrogen (secondary N) is 1. The Kier molecular flexibility index (Phi) is 4.21. The van der Waals surface area contributed by atoms with Crippen molar-refractivity contribution in [2.75, 3.05) is 37.7 Å². The second-order valence-corrected chi connectivity index (χ2v) is 5.69. The number of ether oxygens (including phenoxy) is 1. The van der Waals surface area contributed by atoms with Gasteiger partial charge >= 0.3 is 0 Å². The van der Waals surface area contributed by atoms with E-state index in [4.69, 9.17) is 4.74 Å². The average Bonchev–Trinajstić information content (AvgIpc) is 2.99. The molecule has 108 valence electrons. The van der Waals surface area contributed by atoms with E-state index in [0.717, 1.165) is 45.6 Å². The third kappa shape index (κ3) is 3.12. The summed E-state index contributed by atoms with van der Waals surface area (Å²) in [6, 6.07) is 8.40. The summed E-state index contributed by atoms with van der Waals surface area (Å²) in [6.07, 6.45) is 3.31. The molecule has 0 radical (unpaired) electrons. The first-order valence-corrected chi connectivity index (χ1v) is 7.50. The lowest BCUT2D eigenvalue weighted by Crippen LogP contribution is -2.41. The van der Waals surface area contributed by atoms with E-state index in [2.05, 4.69) is 28.4 Å². The van der Waals surface area contributed by atoms with Crippen LogP contribution in [0.3, 0.4) is 0 Å². The van der Waals surface area contributed by atoms with Crippen LogP contribution in [0.1, 0.15) is 18.4 Å². The van der Waals surface area contributed by atoms with Crippen LogP contribution in [0.25, 0.3) is 0 Å². The van der Waals surface area contributed by atoms with Gasteiger partial charge in [-0.05, 0) is 30.9 Å². The highest BCUT2D eigenvalue weighted by atomic mass is 16.5. The van der Waals surface area contributed by atoms with Crippen molar-refractivity contribution in [2.45, 2.75) is 19.3 Å². The van der Waals surface area contributed by atoms with Gasteiger partial charge in [-0.3, -0.25) is 4.79 Å². The van der Waals surface area contributed by atoms with Gasteiger partial charge in [-0.2, -0.15) is 0 Å². The summed E-state index contributed by atoms with van der Waals surface area (Å²) >= 11 is 0. The second-order valence-electron chi connectivity index (χ2n) is 5.69. The summed E-state index contributed by atoms with van der Waals surface area (Å²) in [6.45, 7) is 3.79. The Morgan fingerprint density at radius 3 is 3.15 bits per heavy atom. The Balaban J connectivity index is 1.54. The number of hydrogen-bond donors (Lipinski definition) is 1. The minimum Gasteiger partial charge on any atom is -0.381 e. The highest BCUT2D eigenvalue weighted by Gasteiger charge is 2.20. The fourth-order valence-electron chi connectivity index (χ4n) is 3.01. The van der Waals surface area contributed by atoms with Crippen LogP contribution in [0, 0.1) is 5.92 Å². The summed E-state index contributed by atoms with van der Waals surface area (Å²) in [5.41, 5.74) is 2.58. The lowest BCUT2D eigenvalue weighted by Gasteiger charge is -2.30. The van der Waals surface area contributed by atoms with Crippen LogP contribution >= 0.6 is 0 Å². The number of para-hydroxylation sites is 1. The maximum Gasteiger partial charge on any atom is 0.239 e. The van der Waals surface area contributed by atoms with Crippen LogP contribution < -0.4 is 10.2 Å². The van der Waals surface area contributed by atoms with Gasteiger partial charge in [-0.1, -0.05) is 18.2 Å². The third-order valence-corrected chi connectivity index (χ3v) is 4.15. The molecule has 1 N–H and O–H groups in total. The van der Waals surface area contributed by atoms with Crippen LogP contribution in [0.5, 0.6) is 0 Å². The van der Waals surface area contributed by atoms with Gasteiger partial charge in [0, 0.05) is 31.3 Å². The molecule has 1 atom stereocenters. The van der Waals surface area contributed by atoms with Crippen molar-refractivity contribution in [3.8, 4) is 0 Å². The SMILES string of the molecule is O=C(CN1CCCc2ccccc21)NCC1CCOC1. The molecule has 4 heteroatoms. The monoisotopic (exact) mass is 274 g/mol. The molecule has 2 heterocycles. The van der Waals surface area contributed by atoms with Crippen molar-refractivity contribution in [1.29, 1.82) is 0 Å². The van der Waals surface area contributed by atoms with Gasteiger partial charge in [0.2, 0.25) is 5.91 Å². The van der Waals surface area contributed by atoms with Gasteiger partial charge in [-0.25, -0.2) is 0 Å². The molecule has 0 spiro atoms. The second kappa shape index (κ2) is 6.27. The van der Waals surface area contributed by atoms with Crippen LogP contribution in [-0.2, 0) is 16.0 Å². The maximum atomic E-state index is 12.1. The molecular weight excluding hydrogens is 252 g/mol. The maximum absolute atomic E-state index is 12.1. The van der Waals surface area contributed by atoms with Gasteiger partial charge in [0.1, 0.15) is 0 Å². The molecule has 0 aromatic heterocycles. The fraction of sp³-hybridized carbons (Fsp3) is 0.562. The van der Waals surface area contributed by atoms with E-state index in [9.17, 15) is 4.79 Å². The van der Waals surface area contributed by atoms with Gasteiger partial charge in [0.15, 0.2) is 0 Å². The first-order valence-electron chi connectivity index (χ1n) is 7.50. The van der Waals surface area contributed by atoms with Crippen molar-refractivity contribution < 1.29 is 9.53 Å². The zero-order valence-corrected chi connectivity index (χ0v) is 11.8. The predicted octanol–water partition coefficient (Wildman–Crippen LogP) is 1.59. The number of nitrogens with zero attached hydrogens (tertiary/aromatic N) is 1. The molecule has 1 fully saturated rings. The molecule has 3 rings (SSSR count). The molecule has 0 bridgehead atoms. The number of carbonyl (C=O) groups excluding carboxylic acids is 1. The van der Waals surface area contributed by atoms with E-state index < -0.39 is 0 Å². The Morgan fingerprint density at radius 1 is 1.40 bits per heavy atom. The Labute approximate surface area is 120 Å². The largest absolute Gasteiger partial charge is 0.381 e. The molecular formula is C16H22N2O2. The lowest BCUT2D eigenvalue weighted by molar-refractivity contribution is -0.120. The Morgan fingerprint density at radius 2 is 2.30 bits per heavy atom. The number of amides is 1. The lowest BCUT2D eigenvalue weighted by atomic mass is 10.0. The van der Waals surface area contributed by atoms with Gasteiger partial charge in [-0.15, -0.1) is 0 Å². The number of fused-ring (bicyclic) bond motifs is 1.